The van der Waals surface area contributed by atoms with E-state index in [-0.39, 0.29) is 5.78 Å². The van der Waals surface area contributed by atoms with Gasteiger partial charge in [-0.05, 0) is 52.1 Å². The van der Waals surface area contributed by atoms with Gasteiger partial charge >= 0.3 is 5.97 Å². The average Bonchev–Trinajstić information content (AvgIpc) is 2.48. The molecule has 0 N–H and O–H groups in total. The lowest BCUT2D eigenvalue weighted by Gasteiger charge is -2.41. The third-order valence-electron chi connectivity index (χ3n) is 5.27. The molecule has 0 saturated carbocycles. The van der Waals surface area contributed by atoms with E-state index in [4.69, 9.17) is 4.74 Å². The standard InChI is InChI=1S/C17H31NO3/c1-6-17(7-2)9-11-18(12-10-17)13-14(19)16(4,5)15(20)21-8-3/h6-13H2,1-5H3. The van der Waals surface area contributed by atoms with Crippen LogP contribution in [-0.2, 0) is 14.3 Å². The second-order valence-corrected chi connectivity index (χ2v) is 6.75. The summed E-state index contributed by atoms with van der Waals surface area (Å²) in [6.07, 6.45) is 4.71. The molecule has 4 nitrogen and oxygen atoms in total. The number of ether oxygens (including phenoxy) is 1. The van der Waals surface area contributed by atoms with Crippen LogP contribution < -0.4 is 0 Å². The molecule has 0 aliphatic carbocycles. The Morgan fingerprint density at radius 3 is 2.05 bits per heavy atom. The van der Waals surface area contributed by atoms with E-state index in [1.54, 1.807) is 20.8 Å². The first-order valence-corrected chi connectivity index (χ1v) is 8.24. The Morgan fingerprint density at radius 1 is 1.10 bits per heavy atom. The topological polar surface area (TPSA) is 46.6 Å². The fraction of sp³-hybridized carbons (Fsp3) is 0.882. The lowest BCUT2D eigenvalue weighted by Crippen LogP contribution is -2.46. The number of likely N-dealkylation sites (tertiary alicyclic amines) is 1. The Bertz CT molecular complexity index is 362. The van der Waals surface area contributed by atoms with Gasteiger partial charge in [-0.2, -0.15) is 0 Å². The maximum absolute atomic E-state index is 12.4. The number of carbonyl (C=O) groups excluding carboxylic acids is 2. The molecule has 1 rings (SSSR count). The average molecular weight is 297 g/mol. The Hall–Kier alpha value is -0.900. The van der Waals surface area contributed by atoms with E-state index >= 15 is 0 Å². The molecule has 4 heteroatoms. The number of piperidine rings is 1. The zero-order valence-electron chi connectivity index (χ0n) is 14.3. The second kappa shape index (κ2) is 7.39. The van der Waals surface area contributed by atoms with Crippen LogP contribution in [0.1, 0.15) is 60.3 Å². The van der Waals surface area contributed by atoms with Gasteiger partial charge in [-0.15, -0.1) is 0 Å². The number of rotatable bonds is 7. The quantitative estimate of drug-likeness (QED) is 0.535. The van der Waals surface area contributed by atoms with Crippen LogP contribution in [-0.4, -0.2) is 42.9 Å². The SMILES string of the molecule is CCOC(=O)C(C)(C)C(=O)CN1CCC(CC)(CC)CC1. The van der Waals surface area contributed by atoms with Crippen LogP contribution >= 0.6 is 0 Å². The van der Waals surface area contributed by atoms with Gasteiger partial charge in [0.05, 0.1) is 13.2 Å². The summed E-state index contributed by atoms with van der Waals surface area (Å²) < 4.78 is 5.01. The maximum atomic E-state index is 12.4. The van der Waals surface area contributed by atoms with Crippen molar-refractivity contribution in [1.82, 2.24) is 4.90 Å². The summed E-state index contributed by atoms with van der Waals surface area (Å²) in [5.41, 5.74) is -0.587. The highest BCUT2D eigenvalue weighted by Gasteiger charge is 2.39. The van der Waals surface area contributed by atoms with Crippen molar-refractivity contribution in [3.8, 4) is 0 Å². The van der Waals surface area contributed by atoms with Crippen LogP contribution in [0.5, 0.6) is 0 Å². The molecule has 1 aliphatic rings. The number of ketones is 1. The molecule has 0 bridgehead atoms. The van der Waals surface area contributed by atoms with Gasteiger partial charge in [0.2, 0.25) is 0 Å². The van der Waals surface area contributed by atoms with Crippen molar-refractivity contribution < 1.29 is 14.3 Å². The number of nitrogens with zero attached hydrogens (tertiary/aromatic N) is 1. The van der Waals surface area contributed by atoms with Gasteiger partial charge in [-0.3, -0.25) is 14.5 Å². The van der Waals surface area contributed by atoms with E-state index in [1.165, 1.54) is 12.8 Å². The molecule has 122 valence electrons. The van der Waals surface area contributed by atoms with E-state index in [0.717, 1.165) is 25.9 Å². The van der Waals surface area contributed by atoms with Crippen molar-refractivity contribution in [3.05, 3.63) is 0 Å². The smallest absolute Gasteiger partial charge is 0.319 e. The van der Waals surface area contributed by atoms with Crippen LogP contribution in [0.3, 0.4) is 0 Å². The molecule has 0 aromatic rings. The molecule has 0 unspecified atom stereocenters. The summed E-state index contributed by atoms with van der Waals surface area (Å²) in [6.45, 7) is 12.2. The fourth-order valence-corrected chi connectivity index (χ4v) is 2.97. The van der Waals surface area contributed by atoms with Gasteiger partial charge in [-0.25, -0.2) is 0 Å². The zero-order chi connectivity index (χ0) is 16.1. The number of Topliss-reactive ketones (excluding diaryl/α,β-unsaturated/α-hetero) is 1. The van der Waals surface area contributed by atoms with Gasteiger partial charge in [0.1, 0.15) is 5.41 Å². The van der Waals surface area contributed by atoms with E-state index in [1.807, 2.05) is 0 Å². The molecule has 0 aromatic heterocycles. The number of hydrogen-bond donors (Lipinski definition) is 0. The predicted molar refractivity (Wildman–Crippen MR) is 84.1 cm³/mol. The van der Waals surface area contributed by atoms with Crippen molar-refractivity contribution in [3.63, 3.8) is 0 Å². The first-order valence-electron chi connectivity index (χ1n) is 8.24. The van der Waals surface area contributed by atoms with Gasteiger partial charge in [0, 0.05) is 0 Å². The molecule has 0 atom stereocenters. The van der Waals surface area contributed by atoms with Gasteiger partial charge in [0.15, 0.2) is 5.78 Å². The molecule has 0 aromatic carbocycles. The Kier molecular flexibility index (Phi) is 6.39. The first kappa shape index (κ1) is 18.1. The summed E-state index contributed by atoms with van der Waals surface area (Å²) in [4.78, 5) is 26.5. The molecule has 0 spiro atoms. The first-order chi connectivity index (χ1) is 9.81. The highest BCUT2D eigenvalue weighted by molar-refractivity contribution is 6.03. The highest BCUT2D eigenvalue weighted by atomic mass is 16.5. The number of esters is 1. The molecule has 0 radical (unpaired) electrons. The Labute approximate surface area is 129 Å². The monoisotopic (exact) mass is 297 g/mol. The van der Waals surface area contributed by atoms with Crippen LogP contribution in [0.15, 0.2) is 0 Å². The van der Waals surface area contributed by atoms with Crippen LogP contribution in [0.2, 0.25) is 0 Å². The van der Waals surface area contributed by atoms with Crippen LogP contribution in [0.4, 0.5) is 0 Å². The normalized spacial score (nSPS) is 19.3. The maximum Gasteiger partial charge on any atom is 0.319 e. The van der Waals surface area contributed by atoms with E-state index in [2.05, 4.69) is 18.7 Å². The summed E-state index contributed by atoms with van der Waals surface area (Å²) >= 11 is 0. The third-order valence-corrected chi connectivity index (χ3v) is 5.27. The van der Waals surface area contributed by atoms with Crippen molar-refractivity contribution in [2.75, 3.05) is 26.2 Å². The molecular weight excluding hydrogens is 266 g/mol. The largest absolute Gasteiger partial charge is 0.465 e. The number of carbonyl (C=O) groups is 2. The number of hydrogen-bond acceptors (Lipinski definition) is 4. The summed E-state index contributed by atoms with van der Waals surface area (Å²) in [6, 6.07) is 0. The summed E-state index contributed by atoms with van der Waals surface area (Å²) in [7, 11) is 0. The van der Waals surface area contributed by atoms with Gasteiger partial charge < -0.3 is 4.74 Å². The molecule has 21 heavy (non-hydrogen) atoms. The Balaban J connectivity index is 2.55. The van der Waals surface area contributed by atoms with Crippen molar-refractivity contribution in [1.29, 1.82) is 0 Å². The Morgan fingerprint density at radius 2 is 1.62 bits per heavy atom. The van der Waals surface area contributed by atoms with E-state index in [0.29, 0.717) is 18.6 Å². The molecule has 1 saturated heterocycles. The highest BCUT2D eigenvalue weighted by Crippen LogP contribution is 2.38. The van der Waals surface area contributed by atoms with Gasteiger partial charge in [0.25, 0.3) is 0 Å². The minimum absolute atomic E-state index is 0.0403. The molecule has 1 fully saturated rings. The third kappa shape index (κ3) is 4.29. The molecule has 0 amide bonds. The van der Waals surface area contributed by atoms with Crippen molar-refractivity contribution >= 4 is 11.8 Å². The van der Waals surface area contributed by atoms with Gasteiger partial charge in [-0.1, -0.05) is 26.7 Å². The summed E-state index contributed by atoms with van der Waals surface area (Å²) in [5.74, 6) is -0.454. The molecule has 1 heterocycles. The molecule has 1 aliphatic heterocycles. The lowest BCUT2D eigenvalue weighted by molar-refractivity contribution is -0.158. The van der Waals surface area contributed by atoms with Crippen LogP contribution in [0.25, 0.3) is 0 Å². The van der Waals surface area contributed by atoms with Crippen LogP contribution in [0, 0.1) is 10.8 Å². The zero-order valence-corrected chi connectivity index (χ0v) is 14.3. The minimum Gasteiger partial charge on any atom is -0.465 e. The minimum atomic E-state index is -1.04. The van der Waals surface area contributed by atoms with Crippen molar-refractivity contribution in [2.45, 2.75) is 60.3 Å². The van der Waals surface area contributed by atoms with E-state index in [9.17, 15) is 9.59 Å². The summed E-state index contributed by atoms with van der Waals surface area (Å²) in [5, 5.41) is 0. The predicted octanol–water partition coefficient (Wildman–Crippen LogP) is 3.05. The molecular formula is C17H31NO3. The second-order valence-electron chi connectivity index (χ2n) is 6.75. The van der Waals surface area contributed by atoms with E-state index < -0.39 is 11.4 Å². The fourth-order valence-electron chi connectivity index (χ4n) is 2.97. The lowest BCUT2D eigenvalue weighted by atomic mass is 9.74. The van der Waals surface area contributed by atoms with Crippen molar-refractivity contribution in [2.24, 2.45) is 10.8 Å².